The van der Waals surface area contributed by atoms with E-state index >= 15 is 0 Å². The molecule has 0 saturated heterocycles. The average molecular weight is 333 g/mol. The van der Waals surface area contributed by atoms with Gasteiger partial charge in [-0.25, -0.2) is 4.68 Å². The van der Waals surface area contributed by atoms with Crippen molar-refractivity contribution in [2.24, 2.45) is 5.41 Å². The second kappa shape index (κ2) is 5.13. The Balaban J connectivity index is 2.25. The van der Waals surface area contributed by atoms with E-state index in [1.54, 1.807) is 16.8 Å². The molecule has 5 nitrogen and oxygen atoms in total. The third-order valence-corrected chi connectivity index (χ3v) is 4.29. The molecule has 0 atom stereocenters. The highest BCUT2D eigenvalue weighted by Crippen LogP contribution is 2.39. The first kappa shape index (κ1) is 16.1. The minimum Gasteiger partial charge on any atom is -0.294 e. The molecule has 2 heterocycles. The summed E-state index contributed by atoms with van der Waals surface area (Å²) >= 11 is 5.83. The second-order valence-electron chi connectivity index (χ2n) is 7.99. The molecule has 2 aromatic heterocycles. The summed E-state index contributed by atoms with van der Waals surface area (Å²) in [4.78, 5) is 12.8. The Morgan fingerprint density at radius 2 is 1.87 bits per heavy atom. The van der Waals surface area contributed by atoms with Crippen LogP contribution in [0.1, 0.15) is 62.8 Å². The number of ketones is 1. The lowest BCUT2D eigenvalue weighted by molar-refractivity contribution is 0.0908. The number of rotatable bonds is 1. The maximum absolute atomic E-state index is 12.8. The lowest BCUT2D eigenvalue weighted by Gasteiger charge is -2.29. The lowest BCUT2D eigenvalue weighted by Crippen LogP contribution is -2.29. The fraction of sp³-hybridized carbons (Fsp3) is 0.529. The van der Waals surface area contributed by atoms with Crippen LogP contribution >= 0.6 is 11.6 Å². The van der Waals surface area contributed by atoms with E-state index in [9.17, 15) is 4.79 Å². The Morgan fingerprint density at radius 3 is 2.43 bits per heavy atom. The van der Waals surface area contributed by atoms with Gasteiger partial charge in [0.25, 0.3) is 0 Å². The molecule has 0 aromatic carbocycles. The molecule has 0 spiro atoms. The molecule has 23 heavy (non-hydrogen) atoms. The van der Waals surface area contributed by atoms with Gasteiger partial charge in [-0.3, -0.25) is 4.79 Å². The monoisotopic (exact) mass is 332 g/mol. The quantitative estimate of drug-likeness (QED) is 0.797. The number of hydrogen-bond acceptors (Lipinski definition) is 4. The number of fused-ring (bicyclic) bond motifs is 1. The van der Waals surface area contributed by atoms with Gasteiger partial charge in [-0.2, -0.15) is 5.10 Å². The highest BCUT2D eigenvalue weighted by atomic mass is 35.5. The van der Waals surface area contributed by atoms with Crippen molar-refractivity contribution in [2.45, 2.75) is 52.9 Å². The van der Waals surface area contributed by atoms with Gasteiger partial charge in [-0.15, -0.1) is 10.2 Å². The minimum atomic E-state index is -0.216. The molecule has 0 saturated carbocycles. The average Bonchev–Trinajstić information content (AvgIpc) is 2.77. The lowest BCUT2D eigenvalue weighted by atomic mass is 9.73. The van der Waals surface area contributed by atoms with Crippen molar-refractivity contribution in [1.82, 2.24) is 20.0 Å². The van der Waals surface area contributed by atoms with Crippen LogP contribution < -0.4 is 0 Å². The number of carbonyl (C=O) groups excluding carboxylic acids is 1. The van der Waals surface area contributed by atoms with Crippen LogP contribution in [0.2, 0.25) is 5.15 Å². The maximum atomic E-state index is 12.8. The van der Waals surface area contributed by atoms with Crippen LogP contribution in [-0.2, 0) is 11.8 Å². The van der Waals surface area contributed by atoms with Crippen molar-refractivity contribution in [3.8, 4) is 5.82 Å². The molecule has 0 radical (unpaired) electrons. The molecule has 3 rings (SSSR count). The van der Waals surface area contributed by atoms with E-state index in [-0.39, 0.29) is 16.6 Å². The molecule has 1 aliphatic rings. The van der Waals surface area contributed by atoms with Crippen LogP contribution in [-0.4, -0.2) is 25.8 Å². The molecule has 0 fully saturated rings. The van der Waals surface area contributed by atoms with Gasteiger partial charge in [0.15, 0.2) is 16.8 Å². The van der Waals surface area contributed by atoms with E-state index in [0.717, 1.165) is 23.4 Å². The predicted octanol–water partition coefficient (Wildman–Crippen LogP) is 3.77. The van der Waals surface area contributed by atoms with Crippen molar-refractivity contribution in [3.05, 3.63) is 34.2 Å². The van der Waals surface area contributed by atoms with Gasteiger partial charge in [0.1, 0.15) is 0 Å². The Kier molecular flexibility index (Phi) is 3.59. The van der Waals surface area contributed by atoms with Gasteiger partial charge in [0.05, 0.1) is 17.0 Å². The molecule has 6 heteroatoms. The van der Waals surface area contributed by atoms with Crippen LogP contribution in [0.15, 0.2) is 12.1 Å². The van der Waals surface area contributed by atoms with Crippen molar-refractivity contribution in [1.29, 1.82) is 0 Å². The molecule has 0 bridgehead atoms. The molecule has 0 aliphatic heterocycles. The fourth-order valence-electron chi connectivity index (χ4n) is 3.08. The summed E-state index contributed by atoms with van der Waals surface area (Å²) in [7, 11) is 0. The SMILES string of the molecule is CC1(C)CC(=O)c2c(C(C)(C)C)nn(-c3ccc(Cl)nn3)c2C1. The number of carbonyl (C=O) groups is 1. The fourth-order valence-corrected chi connectivity index (χ4v) is 3.19. The van der Waals surface area contributed by atoms with E-state index in [4.69, 9.17) is 16.7 Å². The topological polar surface area (TPSA) is 60.7 Å². The number of aromatic nitrogens is 4. The summed E-state index contributed by atoms with van der Waals surface area (Å²) in [6.45, 7) is 10.4. The van der Waals surface area contributed by atoms with Crippen LogP contribution in [0, 0.1) is 5.41 Å². The van der Waals surface area contributed by atoms with Crippen LogP contribution in [0.5, 0.6) is 0 Å². The van der Waals surface area contributed by atoms with Gasteiger partial charge in [-0.05, 0) is 24.0 Å². The minimum absolute atomic E-state index is 0.0864. The molecular weight excluding hydrogens is 312 g/mol. The van der Waals surface area contributed by atoms with E-state index in [1.165, 1.54) is 0 Å². The Hall–Kier alpha value is -1.75. The third-order valence-electron chi connectivity index (χ3n) is 4.09. The van der Waals surface area contributed by atoms with Gasteiger partial charge in [-0.1, -0.05) is 46.2 Å². The van der Waals surface area contributed by atoms with Gasteiger partial charge < -0.3 is 0 Å². The van der Waals surface area contributed by atoms with Crippen LogP contribution in [0.25, 0.3) is 5.82 Å². The third kappa shape index (κ3) is 2.90. The molecule has 0 N–H and O–H groups in total. The number of nitrogens with zero attached hydrogens (tertiary/aromatic N) is 4. The van der Waals surface area contributed by atoms with Crippen LogP contribution in [0.3, 0.4) is 0 Å². The van der Waals surface area contributed by atoms with E-state index < -0.39 is 0 Å². The summed E-state index contributed by atoms with van der Waals surface area (Å²) in [6.07, 6.45) is 1.32. The van der Waals surface area contributed by atoms with E-state index in [0.29, 0.717) is 17.4 Å². The van der Waals surface area contributed by atoms with Gasteiger partial charge in [0, 0.05) is 11.8 Å². The highest BCUT2D eigenvalue weighted by Gasteiger charge is 2.39. The molecule has 1 aliphatic carbocycles. The molecule has 0 unspecified atom stereocenters. The Morgan fingerprint density at radius 1 is 1.17 bits per heavy atom. The molecule has 122 valence electrons. The van der Waals surface area contributed by atoms with E-state index in [2.05, 4.69) is 44.8 Å². The predicted molar refractivity (Wildman–Crippen MR) is 89.3 cm³/mol. The maximum Gasteiger partial charge on any atom is 0.176 e. The molecule has 0 amide bonds. The summed E-state index contributed by atoms with van der Waals surface area (Å²) in [6, 6.07) is 3.46. The largest absolute Gasteiger partial charge is 0.294 e. The molecular formula is C17H21ClN4O. The summed E-state index contributed by atoms with van der Waals surface area (Å²) < 4.78 is 1.76. The number of hydrogen-bond donors (Lipinski definition) is 0. The molecule has 2 aromatic rings. The van der Waals surface area contributed by atoms with Crippen molar-refractivity contribution in [3.63, 3.8) is 0 Å². The number of halogens is 1. The summed E-state index contributed by atoms with van der Waals surface area (Å²) in [5.41, 5.74) is 2.20. The van der Waals surface area contributed by atoms with Gasteiger partial charge >= 0.3 is 0 Å². The smallest absolute Gasteiger partial charge is 0.176 e. The standard InChI is InChI=1S/C17H21ClN4O/c1-16(2,3)15-14-10(8-17(4,5)9-11(14)23)22(21-15)13-7-6-12(18)19-20-13/h6-7H,8-9H2,1-5H3. The van der Waals surface area contributed by atoms with Crippen molar-refractivity contribution < 1.29 is 4.79 Å². The van der Waals surface area contributed by atoms with Gasteiger partial charge in [0.2, 0.25) is 0 Å². The normalized spacial score (nSPS) is 17.2. The zero-order valence-electron chi connectivity index (χ0n) is 14.1. The van der Waals surface area contributed by atoms with Crippen molar-refractivity contribution in [2.75, 3.05) is 0 Å². The Labute approximate surface area is 141 Å². The van der Waals surface area contributed by atoms with E-state index in [1.807, 2.05) is 0 Å². The summed E-state index contributed by atoms with van der Waals surface area (Å²) in [5, 5.41) is 13.1. The second-order valence-corrected chi connectivity index (χ2v) is 8.37. The first-order valence-electron chi connectivity index (χ1n) is 7.74. The zero-order chi connectivity index (χ0) is 17.0. The van der Waals surface area contributed by atoms with Crippen molar-refractivity contribution >= 4 is 17.4 Å². The first-order chi connectivity index (χ1) is 10.6. The first-order valence-corrected chi connectivity index (χ1v) is 8.11. The zero-order valence-corrected chi connectivity index (χ0v) is 14.9. The Bertz CT molecular complexity index is 769. The number of Topliss-reactive ketones (excluding diaryl/α,β-unsaturated/α-hetero) is 1. The van der Waals surface area contributed by atoms with Crippen LogP contribution in [0.4, 0.5) is 0 Å². The summed E-state index contributed by atoms with van der Waals surface area (Å²) in [5.74, 6) is 0.751. The highest BCUT2D eigenvalue weighted by molar-refractivity contribution is 6.29.